The van der Waals surface area contributed by atoms with E-state index in [-0.39, 0.29) is 11.9 Å². The van der Waals surface area contributed by atoms with Gasteiger partial charge in [0.1, 0.15) is 5.75 Å². The number of tetrazole rings is 1. The van der Waals surface area contributed by atoms with Crippen LogP contribution in [0.25, 0.3) is 0 Å². The van der Waals surface area contributed by atoms with Crippen molar-refractivity contribution >= 4 is 27.8 Å². The lowest BCUT2D eigenvalue weighted by Crippen LogP contribution is -2.13. The van der Waals surface area contributed by atoms with Crippen LogP contribution in [0.2, 0.25) is 0 Å². The Labute approximate surface area is 130 Å². The second-order valence-corrected chi connectivity index (χ2v) is 4.84. The second-order valence-electron chi connectivity index (χ2n) is 3.99. The molecule has 1 aromatic heterocycles. The molecule has 0 aliphatic heterocycles. The summed E-state index contributed by atoms with van der Waals surface area (Å²) in [5.74, 6) is 0.507. The molecule has 2 aromatic rings. The largest absolute Gasteiger partial charge is 0.493 e. The summed E-state index contributed by atoms with van der Waals surface area (Å²) in [7, 11) is 0. The van der Waals surface area contributed by atoms with Crippen molar-refractivity contribution in [3.8, 4) is 5.75 Å². The van der Waals surface area contributed by atoms with Crippen LogP contribution in [-0.4, -0.2) is 32.7 Å². The van der Waals surface area contributed by atoms with Gasteiger partial charge < -0.3 is 4.74 Å². The van der Waals surface area contributed by atoms with Crippen LogP contribution in [0.15, 0.2) is 35.3 Å². The number of benzene rings is 1. The molecule has 1 aromatic carbocycles. The summed E-state index contributed by atoms with van der Waals surface area (Å²) < 4.78 is 6.10. The van der Waals surface area contributed by atoms with Crippen molar-refractivity contribution in [1.82, 2.24) is 20.2 Å². The monoisotopic (exact) mass is 351 g/mol. The molecule has 1 heterocycles. The Morgan fingerprint density at radius 1 is 1.57 bits per heavy atom. The van der Waals surface area contributed by atoms with Gasteiger partial charge in [0.05, 0.1) is 17.6 Å². The maximum Gasteiger partial charge on any atom is 0.270 e. The zero-order chi connectivity index (χ0) is 15.2. The topological polar surface area (TPSA) is 81.9 Å². The van der Waals surface area contributed by atoms with Crippen molar-refractivity contribution in [3.63, 3.8) is 0 Å². The molecule has 0 radical (unpaired) electrons. The van der Waals surface area contributed by atoms with Gasteiger partial charge in [-0.2, -0.15) is 4.80 Å². The highest BCUT2D eigenvalue weighted by Gasteiger charge is 2.12. The Morgan fingerprint density at radius 3 is 3.05 bits per heavy atom. The van der Waals surface area contributed by atoms with Crippen LogP contribution in [-0.2, 0) is 6.54 Å². The first-order valence-corrected chi connectivity index (χ1v) is 7.05. The summed E-state index contributed by atoms with van der Waals surface area (Å²) in [5.41, 5.74) is 0.463. The third kappa shape index (κ3) is 3.88. The number of nitrogens with one attached hydrogen (secondary N) is 1. The van der Waals surface area contributed by atoms with Crippen LogP contribution in [0.3, 0.4) is 0 Å². The van der Waals surface area contributed by atoms with Crippen molar-refractivity contribution in [2.75, 3.05) is 11.9 Å². The zero-order valence-electron chi connectivity index (χ0n) is 11.4. The first kappa shape index (κ1) is 15.2. The molecule has 0 aliphatic rings. The molecule has 0 spiro atoms. The Bertz CT molecular complexity index is 656. The molecule has 0 saturated heterocycles. The highest BCUT2D eigenvalue weighted by atomic mass is 79.9. The summed E-state index contributed by atoms with van der Waals surface area (Å²) in [5, 5.41) is 14.1. The van der Waals surface area contributed by atoms with E-state index in [1.54, 1.807) is 24.3 Å². The van der Waals surface area contributed by atoms with Crippen LogP contribution in [0.5, 0.6) is 5.75 Å². The molecular formula is C13H14BrN5O2. The molecule has 0 bridgehead atoms. The summed E-state index contributed by atoms with van der Waals surface area (Å²) in [6.45, 7) is 6.45. The number of halogens is 1. The normalized spacial score (nSPS) is 10.2. The first-order chi connectivity index (χ1) is 10.1. The van der Waals surface area contributed by atoms with Crippen molar-refractivity contribution in [1.29, 1.82) is 0 Å². The Balaban J connectivity index is 2.08. The fraction of sp³-hybridized carbons (Fsp3) is 0.231. The molecular weight excluding hydrogens is 338 g/mol. The minimum Gasteiger partial charge on any atom is -0.493 e. The van der Waals surface area contributed by atoms with Gasteiger partial charge in [-0.1, -0.05) is 11.2 Å². The van der Waals surface area contributed by atoms with Gasteiger partial charge in [0, 0.05) is 5.56 Å². The van der Waals surface area contributed by atoms with E-state index in [0.717, 1.165) is 0 Å². The maximum absolute atomic E-state index is 12.1. The fourth-order valence-electron chi connectivity index (χ4n) is 1.57. The molecule has 0 saturated carbocycles. The Morgan fingerprint density at radius 2 is 2.38 bits per heavy atom. The van der Waals surface area contributed by atoms with Crippen LogP contribution < -0.4 is 10.1 Å². The first-order valence-electron chi connectivity index (χ1n) is 6.26. The molecule has 0 unspecified atom stereocenters. The third-order valence-corrected chi connectivity index (χ3v) is 3.08. The smallest absolute Gasteiger partial charge is 0.270 e. The lowest BCUT2D eigenvalue weighted by atomic mass is 10.2. The highest BCUT2D eigenvalue weighted by molar-refractivity contribution is 9.10. The van der Waals surface area contributed by atoms with Gasteiger partial charge in [0.2, 0.25) is 0 Å². The molecule has 8 heteroatoms. The highest BCUT2D eigenvalue weighted by Crippen LogP contribution is 2.26. The van der Waals surface area contributed by atoms with E-state index in [4.69, 9.17) is 4.74 Å². The predicted octanol–water partition coefficient (Wildman–Crippen LogP) is 2.27. The van der Waals surface area contributed by atoms with Crippen LogP contribution >= 0.6 is 15.9 Å². The van der Waals surface area contributed by atoms with Crippen LogP contribution in [0.1, 0.15) is 17.3 Å². The number of allylic oxidation sites excluding steroid dienone is 1. The number of hydrogen-bond donors (Lipinski definition) is 1. The second kappa shape index (κ2) is 6.98. The van der Waals surface area contributed by atoms with Crippen LogP contribution in [0, 0.1) is 0 Å². The molecule has 2 rings (SSSR count). The molecule has 1 amide bonds. The molecule has 0 aliphatic carbocycles. The minimum absolute atomic E-state index is 0.145. The average molecular weight is 352 g/mol. The van der Waals surface area contributed by atoms with Gasteiger partial charge in [0.15, 0.2) is 0 Å². The van der Waals surface area contributed by atoms with Crippen molar-refractivity contribution < 1.29 is 9.53 Å². The molecule has 7 nitrogen and oxygen atoms in total. The molecule has 21 heavy (non-hydrogen) atoms. The van der Waals surface area contributed by atoms with E-state index in [9.17, 15) is 4.79 Å². The summed E-state index contributed by atoms with van der Waals surface area (Å²) >= 11 is 3.36. The van der Waals surface area contributed by atoms with Gasteiger partial charge in [-0.05, 0) is 46.3 Å². The van der Waals surface area contributed by atoms with Crippen LogP contribution in [0.4, 0.5) is 5.95 Å². The molecule has 0 fully saturated rings. The van der Waals surface area contributed by atoms with E-state index in [2.05, 4.69) is 43.2 Å². The molecule has 110 valence electrons. The third-order valence-electron chi connectivity index (χ3n) is 2.46. The standard InChI is InChI=1S/C13H14BrN5O2/c1-3-7-19-17-13(16-18-19)15-12(20)9-5-6-11(21-4-2)10(14)8-9/h3,5-6,8H,1,4,7H2,2H3,(H,15,17,20). The quantitative estimate of drug-likeness (QED) is 0.807. The maximum atomic E-state index is 12.1. The van der Waals surface area contributed by atoms with Gasteiger partial charge in [-0.3, -0.25) is 10.1 Å². The lowest BCUT2D eigenvalue weighted by Gasteiger charge is -2.07. The zero-order valence-corrected chi connectivity index (χ0v) is 13.0. The summed E-state index contributed by atoms with van der Waals surface area (Å²) in [4.78, 5) is 13.4. The number of carbonyl (C=O) groups is 1. The summed E-state index contributed by atoms with van der Waals surface area (Å²) in [6.07, 6.45) is 1.64. The number of ether oxygens (including phenoxy) is 1. The van der Waals surface area contributed by atoms with Gasteiger partial charge in [0.25, 0.3) is 11.9 Å². The number of carbonyl (C=O) groups excluding carboxylic acids is 1. The molecule has 1 N–H and O–H groups in total. The van der Waals surface area contributed by atoms with Gasteiger partial charge >= 0.3 is 0 Å². The van der Waals surface area contributed by atoms with E-state index in [0.29, 0.717) is 28.9 Å². The van der Waals surface area contributed by atoms with E-state index >= 15 is 0 Å². The average Bonchev–Trinajstić information content (AvgIpc) is 2.89. The van der Waals surface area contributed by atoms with E-state index < -0.39 is 0 Å². The number of anilines is 1. The number of nitrogens with zero attached hydrogens (tertiary/aromatic N) is 4. The SMILES string of the molecule is C=CCn1nnc(NC(=O)c2ccc(OCC)c(Br)c2)n1. The van der Waals surface area contributed by atoms with Crippen molar-refractivity contribution in [2.45, 2.75) is 13.5 Å². The number of hydrogen-bond acceptors (Lipinski definition) is 5. The Kier molecular flexibility index (Phi) is 5.04. The van der Waals surface area contributed by atoms with Crippen molar-refractivity contribution in [2.24, 2.45) is 0 Å². The number of amides is 1. The fourth-order valence-corrected chi connectivity index (χ4v) is 2.07. The van der Waals surface area contributed by atoms with Gasteiger partial charge in [-0.15, -0.1) is 11.7 Å². The lowest BCUT2D eigenvalue weighted by molar-refractivity contribution is 0.102. The van der Waals surface area contributed by atoms with Gasteiger partial charge in [-0.25, -0.2) is 0 Å². The number of rotatable bonds is 6. The number of aromatic nitrogens is 4. The van der Waals surface area contributed by atoms with E-state index in [1.165, 1.54) is 4.80 Å². The molecule has 0 atom stereocenters. The predicted molar refractivity (Wildman–Crippen MR) is 81.3 cm³/mol. The van der Waals surface area contributed by atoms with E-state index in [1.807, 2.05) is 6.92 Å². The summed E-state index contributed by atoms with van der Waals surface area (Å²) in [6, 6.07) is 5.07. The van der Waals surface area contributed by atoms with Crippen molar-refractivity contribution in [3.05, 3.63) is 40.9 Å². The minimum atomic E-state index is -0.322. The Hall–Kier alpha value is -2.22.